The number of hydrogen-bond acceptors (Lipinski definition) is 3. The monoisotopic (exact) mass is 330 g/mol. The average Bonchev–Trinajstić information content (AvgIpc) is 2.59. The van der Waals surface area contributed by atoms with Gasteiger partial charge >= 0.3 is 5.97 Å². The molecule has 0 heterocycles. The van der Waals surface area contributed by atoms with Gasteiger partial charge in [0.2, 0.25) is 0 Å². The van der Waals surface area contributed by atoms with Crippen LogP contribution in [0, 0.1) is 5.41 Å². The van der Waals surface area contributed by atoms with Gasteiger partial charge in [0.05, 0.1) is 7.11 Å². The number of carbonyl (C=O) groups is 1. The number of allylic oxidation sites excluding steroid dienone is 2. The number of benzene rings is 1. The molecule has 0 amide bonds. The van der Waals surface area contributed by atoms with E-state index in [-0.39, 0.29) is 17.5 Å². The van der Waals surface area contributed by atoms with Crippen LogP contribution in [0.25, 0.3) is 0 Å². The predicted molar refractivity (Wildman–Crippen MR) is 99.1 cm³/mol. The number of rotatable bonds is 4. The largest absolute Gasteiger partial charge is 0.486 e. The SMILES string of the molecule is CC.COC(=O)/C=C/C1=C(C)C(Oc2ccccc2)CCC1(C)C. The highest BCUT2D eigenvalue weighted by molar-refractivity contribution is 5.82. The minimum Gasteiger partial charge on any atom is -0.486 e. The van der Waals surface area contributed by atoms with Crippen molar-refractivity contribution in [2.45, 2.75) is 53.6 Å². The molecule has 0 spiro atoms. The Morgan fingerprint density at radius 3 is 2.42 bits per heavy atom. The molecule has 0 fully saturated rings. The molecular weight excluding hydrogens is 300 g/mol. The third-order valence-corrected chi connectivity index (χ3v) is 4.28. The van der Waals surface area contributed by atoms with E-state index in [1.54, 1.807) is 0 Å². The molecule has 1 atom stereocenters. The van der Waals surface area contributed by atoms with Crippen molar-refractivity contribution in [2.24, 2.45) is 5.41 Å². The lowest BCUT2D eigenvalue weighted by atomic mass is 9.71. The summed E-state index contributed by atoms with van der Waals surface area (Å²) in [6.45, 7) is 10.5. The molecule has 3 heteroatoms. The topological polar surface area (TPSA) is 35.5 Å². The number of para-hydroxylation sites is 1. The number of hydrogen-bond donors (Lipinski definition) is 0. The molecule has 24 heavy (non-hydrogen) atoms. The summed E-state index contributed by atoms with van der Waals surface area (Å²) in [5.74, 6) is 0.546. The fraction of sp³-hybridized carbons (Fsp3) is 0.476. The van der Waals surface area contributed by atoms with Gasteiger partial charge in [0.25, 0.3) is 0 Å². The van der Waals surface area contributed by atoms with Gasteiger partial charge in [0.15, 0.2) is 0 Å². The van der Waals surface area contributed by atoms with Crippen molar-refractivity contribution in [1.82, 2.24) is 0 Å². The molecule has 1 aliphatic rings. The summed E-state index contributed by atoms with van der Waals surface area (Å²) in [5, 5.41) is 0. The molecule has 3 nitrogen and oxygen atoms in total. The van der Waals surface area contributed by atoms with Gasteiger partial charge in [-0.3, -0.25) is 0 Å². The van der Waals surface area contributed by atoms with Crippen molar-refractivity contribution in [3.05, 3.63) is 53.6 Å². The van der Waals surface area contributed by atoms with Crippen LogP contribution in [0.4, 0.5) is 0 Å². The van der Waals surface area contributed by atoms with Gasteiger partial charge in [-0.25, -0.2) is 4.79 Å². The van der Waals surface area contributed by atoms with Gasteiger partial charge in [0, 0.05) is 6.08 Å². The molecule has 1 aliphatic carbocycles. The Bertz CT molecular complexity index is 582. The summed E-state index contributed by atoms with van der Waals surface area (Å²) in [5.41, 5.74) is 2.37. The molecule has 0 radical (unpaired) electrons. The molecule has 1 aromatic rings. The summed E-state index contributed by atoms with van der Waals surface area (Å²) in [4.78, 5) is 11.4. The van der Waals surface area contributed by atoms with Crippen LogP contribution in [0.1, 0.15) is 47.5 Å². The van der Waals surface area contributed by atoms with Gasteiger partial charge in [-0.1, -0.05) is 52.0 Å². The summed E-state index contributed by atoms with van der Waals surface area (Å²) in [7, 11) is 1.39. The molecule has 0 saturated heterocycles. The Labute approximate surface area is 146 Å². The number of methoxy groups -OCH3 is 1. The average molecular weight is 330 g/mol. The zero-order valence-electron chi connectivity index (χ0n) is 15.8. The maximum absolute atomic E-state index is 11.4. The minimum absolute atomic E-state index is 0.0329. The van der Waals surface area contributed by atoms with E-state index < -0.39 is 0 Å². The van der Waals surface area contributed by atoms with Crippen LogP contribution >= 0.6 is 0 Å². The molecule has 0 bridgehead atoms. The van der Waals surface area contributed by atoms with E-state index in [1.165, 1.54) is 18.8 Å². The summed E-state index contributed by atoms with van der Waals surface area (Å²) >= 11 is 0. The quantitative estimate of drug-likeness (QED) is 0.553. The molecule has 0 aliphatic heterocycles. The van der Waals surface area contributed by atoms with Crippen LogP contribution in [-0.4, -0.2) is 19.2 Å². The molecule has 0 N–H and O–H groups in total. The van der Waals surface area contributed by atoms with Gasteiger partial charge in [-0.05, 0) is 48.5 Å². The van der Waals surface area contributed by atoms with Crippen molar-refractivity contribution in [3.63, 3.8) is 0 Å². The molecule has 2 rings (SSSR count). The van der Waals surface area contributed by atoms with Crippen molar-refractivity contribution < 1.29 is 14.3 Å². The fourth-order valence-electron chi connectivity index (χ4n) is 2.94. The molecule has 1 aromatic carbocycles. The smallest absolute Gasteiger partial charge is 0.330 e. The Hall–Kier alpha value is -2.03. The van der Waals surface area contributed by atoms with Crippen molar-refractivity contribution in [3.8, 4) is 5.75 Å². The summed E-state index contributed by atoms with van der Waals surface area (Å²) in [6, 6.07) is 9.86. The van der Waals surface area contributed by atoms with E-state index in [4.69, 9.17) is 4.74 Å². The highest BCUT2D eigenvalue weighted by atomic mass is 16.5. The van der Waals surface area contributed by atoms with E-state index in [0.29, 0.717) is 0 Å². The van der Waals surface area contributed by atoms with E-state index in [2.05, 4.69) is 25.5 Å². The van der Waals surface area contributed by atoms with E-state index in [9.17, 15) is 4.79 Å². The van der Waals surface area contributed by atoms with Crippen LogP contribution in [0.5, 0.6) is 5.75 Å². The molecular formula is C21H30O3. The number of carbonyl (C=O) groups excluding carboxylic acids is 1. The first kappa shape index (κ1) is 20.0. The Kier molecular flexibility index (Phi) is 7.76. The lowest BCUT2D eigenvalue weighted by Gasteiger charge is -2.37. The van der Waals surface area contributed by atoms with Gasteiger partial charge in [0.1, 0.15) is 11.9 Å². The fourth-order valence-corrected chi connectivity index (χ4v) is 2.94. The van der Waals surface area contributed by atoms with Crippen molar-refractivity contribution in [1.29, 1.82) is 0 Å². The zero-order valence-corrected chi connectivity index (χ0v) is 15.8. The Balaban J connectivity index is 0.00000139. The van der Waals surface area contributed by atoms with Crippen molar-refractivity contribution in [2.75, 3.05) is 7.11 Å². The number of ether oxygens (including phenoxy) is 2. The first-order valence-corrected chi connectivity index (χ1v) is 8.63. The molecule has 0 saturated carbocycles. The highest BCUT2D eigenvalue weighted by Gasteiger charge is 2.33. The van der Waals surface area contributed by atoms with Crippen LogP contribution in [0.15, 0.2) is 53.6 Å². The van der Waals surface area contributed by atoms with Crippen LogP contribution in [0.3, 0.4) is 0 Å². The standard InChI is InChI=1S/C19H24O3.C2H6/c1-14-16(10-11-18(20)21-4)19(2,3)13-12-17(14)22-15-8-6-5-7-9-15;1-2/h5-11,17H,12-13H2,1-4H3;1-2H3/b11-10+;. The summed E-state index contributed by atoms with van der Waals surface area (Å²) in [6.07, 6.45) is 5.41. The third-order valence-electron chi connectivity index (χ3n) is 4.28. The maximum Gasteiger partial charge on any atom is 0.330 e. The first-order chi connectivity index (χ1) is 11.4. The van der Waals surface area contributed by atoms with Crippen LogP contribution in [0.2, 0.25) is 0 Å². The van der Waals surface area contributed by atoms with E-state index in [1.807, 2.05) is 50.3 Å². The minimum atomic E-state index is -0.331. The molecule has 0 aromatic heterocycles. The van der Waals surface area contributed by atoms with Crippen LogP contribution in [-0.2, 0) is 9.53 Å². The van der Waals surface area contributed by atoms with Crippen LogP contribution < -0.4 is 4.74 Å². The lowest BCUT2D eigenvalue weighted by Crippen LogP contribution is -2.31. The van der Waals surface area contributed by atoms with Gasteiger partial charge in [-0.2, -0.15) is 0 Å². The second-order valence-electron chi connectivity index (χ2n) is 6.30. The van der Waals surface area contributed by atoms with E-state index in [0.717, 1.165) is 24.2 Å². The second kappa shape index (κ2) is 9.31. The number of esters is 1. The summed E-state index contributed by atoms with van der Waals surface area (Å²) < 4.78 is 10.8. The normalized spacial score (nSPS) is 19.5. The molecule has 132 valence electrons. The van der Waals surface area contributed by atoms with Gasteiger partial charge < -0.3 is 9.47 Å². The first-order valence-electron chi connectivity index (χ1n) is 8.63. The molecule has 1 unspecified atom stereocenters. The lowest BCUT2D eigenvalue weighted by molar-refractivity contribution is -0.134. The Morgan fingerprint density at radius 1 is 1.21 bits per heavy atom. The highest BCUT2D eigenvalue weighted by Crippen LogP contribution is 2.42. The van der Waals surface area contributed by atoms with E-state index >= 15 is 0 Å². The predicted octanol–water partition coefficient (Wildman–Crippen LogP) is 5.33. The Morgan fingerprint density at radius 2 is 1.83 bits per heavy atom. The van der Waals surface area contributed by atoms with Gasteiger partial charge in [-0.15, -0.1) is 0 Å². The third kappa shape index (κ3) is 5.26. The zero-order chi connectivity index (χ0) is 18.2. The maximum atomic E-state index is 11.4. The second-order valence-corrected chi connectivity index (χ2v) is 6.30. The van der Waals surface area contributed by atoms with Crippen molar-refractivity contribution >= 4 is 5.97 Å².